The van der Waals surface area contributed by atoms with E-state index in [1.165, 1.54) is 5.56 Å². The number of nitrogens with one attached hydrogen (secondary N) is 1. The van der Waals surface area contributed by atoms with Crippen LogP contribution in [0, 0.1) is 0 Å². The van der Waals surface area contributed by atoms with E-state index in [-0.39, 0.29) is 0 Å². The molecule has 0 saturated carbocycles. The van der Waals surface area contributed by atoms with Gasteiger partial charge in [-0.3, -0.25) is 0 Å². The summed E-state index contributed by atoms with van der Waals surface area (Å²) in [5, 5.41) is 3.49. The Morgan fingerprint density at radius 3 is 2.38 bits per heavy atom. The predicted molar refractivity (Wildman–Crippen MR) is 54.9 cm³/mol. The van der Waals surface area contributed by atoms with Crippen molar-refractivity contribution in [1.29, 1.82) is 0 Å². The fourth-order valence-electron chi connectivity index (χ4n) is 1.49. The molecule has 2 heteroatoms. The van der Waals surface area contributed by atoms with Gasteiger partial charge < -0.3 is 9.73 Å². The summed E-state index contributed by atoms with van der Waals surface area (Å²) in [5.41, 5.74) is 1.26. The van der Waals surface area contributed by atoms with Gasteiger partial charge in [0.05, 0.1) is 12.5 Å². The summed E-state index contributed by atoms with van der Waals surface area (Å²) in [6, 6.07) is 3.05. The van der Waals surface area contributed by atoms with Crippen molar-refractivity contribution >= 4 is 0 Å². The fourth-order valence-corrected chi connectivity index (χ4v) is 1.49. The van der Waals surface area contributed by atoms with Gasteiger partial charge in [-0.1, -0.05) is 20.8 Å². The van der Waals surface area contributed by atoms with Crippen LogP contribution in [0.5, 0.6) is 0 Å². The molecule has 0 fully saturated rings. The highest BCUT2D eigenvalue weighted by atomic mass is 16.3. The first-order chi connectivity index (χ1) is 6.11. The van der Waals surface area contributed by atoms with Gasteiger partial charge in [0.1, 0.15) is 0 Å². The first-order valence-corrected chi connectivity index (χ1v) is 4.89. The van der Waals surface area contributed by atoms with E-state index < -0.39 is 0 Å². The van der Waals surface area contributed by atoms with Crippen LogP contribution in [0.3, 0.4) is 0 Å². The van der Waals surface area contributed by atoms with Crippen molar-refractivity contribution in [1.82, 2.24) is 5.32 Å². The Morgan fingerprint density at radius 2 is 1.92 bits per heavy atom. The standard InChI is InChI=1S/C11H19NO/c1-8(2)12-10(4)9(3)11-5-6-13-7-11/h5-10,12H,1-4H3. The topological polar surface area (TPSA) is 25.2 Å². The second-order valence-corrected chi connectivity index (χ2v) is 3.96. The molecule has 74 valence electrons. The van der Waals surface area contributed by atoms with Gasteiger partial charge in [-0.2, -0.15) is 0 Å². The lowest BCUT2D eigenvalue weighted by Gasteiger charge is -2.22. The van der Waals surface area contributed by atoms with Crippen LogP contribution >= 0.6 is 0 Å². The molecule has 0 aliphatic carbocycles. The number of rotatable bonds is 4. The van der Waals surface area contributed by atoms with Crippen LogP contribution in [0.4, 0.5) is 0 Å². The van der Waals surface area contributed by atoms with Crippen molar-refractivity contribution in [2.75, 3.05) is 0 Å². The van der Waals surface area contributed by atoms with Crippen molar-refractivity contribution in [3.8, 4) is 0 Å². The number of hydrogen-bond donors (Lipinski definition) is 1. The van der Waals surface area contributed by atoms with Gasteiger partial charge in [0.2, 0.25) is 0 Å². The zero-order valence-corrected chi connectivity index (χ0v) is 8.87. The molecule has 1 N–H and O–H groups in total. The van der Waals surface area contributed by atoms with E-state index in [4.69, 9.17) is 4.42 Å². The first-order valence-electron chi connectivity index (χ1n) is 4.89. The third-order valence-corrected chi connectivity index (χ3v) is 2.42. The Kier molecular flexibility index (Phi) is 3.55. The lowest BCUT2D eigenvalue weighted by Crippen LogP contribution is -2.35. The number of furan rings is 1. The van der Waals surface area contributed by atoms with Crippen LogP contribution in [0.25, 0.3) is 0 Å². The van der Waals surface area contributed by atoms with Crippen LogP contribution in [0.15, 0.2) is 23.0 Å². The molecule has 0 aromatic carbocycles. The molecule has 1 aromatic rings. The van der Waals surface area contributed by atoms with E-state index >= 15 is 0 Å². The van der Waals surface area contributed by atoms with E-state index in [0.29, 0.717) is 18.0 Å². The minimum Gasteiger partial charge on any atom is -0.472 e. The predicted octanol–water partition coefficient (Wildman–Crippen LogP) is 2.77. The Bertz CT molecular complexity index is 228. The molecule has 0 aliphatic heterocycles. The summed E-state index contributed by atoms with van der Waals surface area (Å²) in [6.45, 7) is 8.75. The maximum Gasteiger partial charge on any atom is 0.0937 e. The van der Waals surface area contributed by atoms with Gasteiger partial charge >= 0.3 is 0 Å². The zero-order chi connectivity index (χ0) is 9.84. The molecule has 1 rings (SSSR count). The molecule has 0 aliphatic rings. The lowest BCUT2D eigenvalue weighted by atomic mass is 9.96. The van der Waals surface area contributed by atoms with Gasteiger partial charge in [0.25, 0.3) is 0 Å². The largest absolute Gasteiger partial charge is 0.472 e. The molecule has 2 nitrogen and oxygen atoms in total. The summed E-state index contributed by atoms with van der Waals surface area (Å²) in [6.07, 6.45) is 3.55. The van der Waals surface area contributed by atoms with Crippen LogP contribution in [0.1, 0.15) is 39.2 Å². The highest BCUT2D eigenvalue weighted by molar-refractivity contribution is 5.13. The molecule has 0 radical (unpaired) electrons. The maximum absolute atomic E-state index is 5.06. The van der Waals surface area contributed by atoms with Gasteiger partial charge in [-0.15, -0.1) is 0 Å². The van der Waals surface area contributed by atoms with Gasteiger partial charge in [0, 0.05) is 12.1 Å². The third kappa shape index (κ3) is 2.88. The Labute approximate surface area is 80.3 Å². The Balaban J connectivity index is 2.52. The van der Waals surface area contributed by atoms with Crippen molar-refractivity contribution in [3.63, 3.8) is 0 Å². The average Bonchev–Trinajstić information content (AvgIpc) is 2.53. The van der Waals surface area contributed by atoms with Crippen molar-refractivity contribution in [2.45, 2.75) is 45.7 Å². The normalized spacial score (nSPS) is 16.1. The molecule has 0 amide bonds. The van der Waals surface area contributed by atoms with Crippen molar-refractivity contribution in [3.05, 3.63) is 24.2 Å². The molecule has 1 aromatic heterocycles. The summed E-state index contributed by atoms with van der Waals surface area (Å²) in [5.74, 6) is 0.501. The third-order valence-electron chi connectivity index (χ3n) is 2.42. The van der Waals surface area contributed by atoms with Gasteiger partial charge in [-0.05, 0) is 24.5 Å². The molecule has 0 saturated heterocycles. The molecule has 0 bridgehead atoms. The summed E-state index contributed by atoms with van der Waals surface area (Å²) >= 11 is 0. The van der Waals surface area contributed by atoms with Crippen molar-refractivity contribution < 1.29 is 4.42 Å². The summed E-state index contributed by atoms with van der Waals surface area (Å²) in [4.78, 5) is 0. The zero-order valence-electron chi connectivity index (χ0n) is 8.87. The molecular weight excluding hydrogens is 162 g/mol. The average molecular weight is 181 g/mol. The van der Waals surface area contributed by atoms with E-state index in [2.05, 4.69) is 33.0 Å². The molecule has 2 unspecified atom stereocenters. The van der Waals surface area contributed by atoms with Crippen LogP contribution in [-0.4, -0.2) is 12.1 Å². The second kappa shape index (κ2) is 4.47. The van der Waals surface area contributed by atoms with Crippen LogP contribution in [-0.2, 0) is 0 Å². The maximum atomic E-state index is 5.06. The first kappa shape index (κ1) is 10.3. The van der Waals surface area contributed by atoms with E-state index in [9.17, 15) is 0 Å². The van der Waals surface area contributed by atoms with Gasteiger partial charge in [0.15, 0.2) is 0 Å². The molecule has 0 spiro atoms. The second-order valence-electron chi connectivity index (χ2n) is 3.96. The Morgan fingerprint density at radius 1 is 1.23 bits per heavy atom. The fraction of sp³-hybridized carbons (Fsp3) is 0.636. The lowest BCUT2D eigenvalue weighted by molar-refractivity contribution is 0.436. The smallest absolute Gasteiger partial charge is 0.0937 e. The highest BCUT2D eigenvalue weighted by Gasteiger charge is 2.15. The molecular formula is C11H19NO. The van der Waals surface area contributed by atoms with E-state index in [1.54, 1.807) is 6.26 Å². The molecule has 13 heavy (non-hydrogen) atoms. The van der Waals surface area contributed by atoms with Crippen LogP contribution in [0.2, 0.25) is 0 Å². The number of hydrogen-bond acceptors (Lipinski definition) is 2. The molecule has 2 atom stereocenters. The summed E-state index contributed by atoms with van der Waals surface area (Å²) in [7, 11) is 0. The summed E-state index contributed by atoms with van der Waals surface area (Å²) < 4.78 is 5.06. The SMILES string of the molecule is CC(C)NC(C)C(C)c1ccoc1. The molecule has 1 heterocycles. The van der Waals surface area contributed by atoms with E-state index in [1.807, 2.05) is 12.3 Å². The van der Waals surface area contributed by atoms with Gasteiger partial charge in [-0.25, -0.2) is 0 Å². The quantitative estimate of drug-likeness (QED) is 0.772. The highest BCUT2D eigenvalue weighted by Crippen LogP contribution is 2.19. The van der Waals surface area contributed by atoms with Crippen LogP contribution < -0.4 is 5.32 Å². The minimum atomic E-state index is 0.484. The van der Waals surface area contributed by atoms with Crippen molar-refractivity contribution in [2.24, 2.45) is 0 Å². The Hall–Kier alpha value is -0.760. The minimum absolute atomic E-state index is 0.484. The monoisotopic (exact) mass is 181 g/mol. The van der Waals surface area contributed by atoms with E-state index in [0.717, 1.165) is 0 Å².